The second-order valence-corrected chi connectivity index (χ2v) is 4.55. The van der Waals surface area contributed by atoms with Gasteiger partial charge in [-0.3, -0.25) is 0 Å². The number of urea groups is 1. The first-order valence-corrected chi connectivity index (χ1v) is 6.74. The first kappa shape index (κ1) is 16.8. The van der Waals surface area contributed by atoms with Gasteiger partial charge in [-0.2, -0.15) is 18.3 Å². The third kappa shape index (κ3) is 4.99. The topological polar surface area (TPSA) is 68.2 Å². The van der Waals surface area contributed by atoms with Gasteiger partial charge >= 0.3 is 12.2 Å². The molecule has 1 aromatic heterocycles. The molecular weight excluding hydrogens is 313 g/mol. The number of amides is 2. The number of anilines is 2. The number of hydrogen-bond acceptors (Lipinski definition) is 3. The van der Waals surface area contributed by atoms with Gasteiger partial charge in [-0.1, -0.05) is 6.07 Å². The summed E-state index contributed by atoms with van der Waals surface area (Å²) in [6, 6.07) is 3.71. The van der Waals surface area contributed by atoms with Crippen LogP contribution in [0, 0.1) is 0 Å². The van der Waals surface area contributed by atoms with Crippen molar-refractivity contribution < 1.29 is 22.7 Å². The molecule has 1 aromatic carbocycles. The molecule has 0 saturated carbocycles. The number of aromatic nitrogens is 2. The third-order valence-corrected chi connectivity index (χ3v) is 2.77. The molecule has 6 nitrogen and oxygen atoms in total. The van der Waals surface area contributed by atoms with Crippen LogP contribution in [-0.4, -0.2) is 22.4 Å². The fourth-order valence-electron chi connectivity index (χ4n) is 1.75. The molecule has 23 heavy (non-hydrogen) atoms. The van der Waals surface area contributed by atoms with Crippen molar-refractivity contribution in [2.24, 2.45) is 0 Å². The number of hydrogen-bond donors (Lipinski definition) is 2. The number of halogens is 3. The summed E-state index contributed by atoms with van der Waals surface area (Å²) >= 11 is 0. The molecule has 2 aromatic rings. The summed E-state index contributed by atoms with van der Waals surface area (Å²) in [5.74, 6) is 0. The predicted octanol–water partition coefficient (Wildman–Crippen LogP) is 3.54. The summed E-state index contributed by atoms with van der Waals surface area (Å²) in [6.07, 6.45) is -1.51. The quantitative estimate of drug-likeness (QED) is 0.882. The van der Waals surface area contributed by atoms with E-state index in [1.807, 2.05) is 6.92 Å². The number of benzene rings is 1. The standard InChI is InChI=1S/C14H15F3N4O2/c1-2-23-9-21-8-12(7-18-21)20-13(22)19-11-5-3-4-10(6-11)14(15,16)17/h3-8H,2,9H2,1H3,(H2,19,20,22). The number of carbonyl (C=O) groups is 1. The van der Waals surface area contributed by atoms with E-state index >= 15 is 0 Å². The van der Waals surface area contributed by atoms with Crippen molar-refractivity contribution in [1.29, 1.82) is 0 Å². The van der Waals surface area contributed by atoms with Gasteiger partial charge in [-0.05, 0) is 25.1 Å². The zero-order valence-electron chi connectivity index (χ0n) is 12.2. The molecule has 0 aliphatic heterocycles. The van der Waals surface area contributed by atoms with Gasteiger partial charge in [0, 0.05) is 12.3 Å². The molecule has 0 aliphatic carbocycles. The molecule has 124 valence electrons. The third-order valence-electron chi connectivity index (χ3n) is 2.77. The molecule has 0 bridgehead atoms. The minimum absolute atomic E-state index is 0.0408. The number of carbonyl (C=O) groups excluding carboxylic acids is 1. The molecule has 0 atom stereocenters. The van der Waals surface area contributed by atoms with Crippen molar-refractivity contribution in [2.75, 3.05) is 17.2 Å². The van der Waals surface area contributed by atoms with E-state index in [2.05, 4.69) is 15.7 Å². The number of alkyl halides is 3. The lowest BCUT2D eigenvalue weighted by atomic mass is 10.2. The molecule has 9 heteroatoms. The molecule has 0 aliphatic rings. The molecule has 2 rings (SSSR count). The maximum atomic E-state index is 12.6. The monoisotopic (exact) mass is 328 g/mol. The van der Waals surface area contributed by atoms with Crippen LogP contribution in [0.3, 0.4) is 0 Å². The van der Waals surface area contributed by atoms with Gasteiger partial charge in [0.1, 0.15) is 6.73 Å². The molecule has 0 spiro atoms. The van der Waals surface area contributed by atoms with E-state index in [-0.39, 0.29) is 12.4 Å². The minimum Gasteiger partial charge on any atom is -0.360 e. The number of nitrogens with one attached hydrogen (secondary N) is 2. The average Bonchev–Trinajstić information content (AvgIpc) is 2.91. The van der Waals surface area contributed by atoms with Crippen LogP contribution in [0.15, 0.2) is 36.7 Å². The summed E-state index contributed by atoms with van der Waals surface area (Å²) in [6.45, 7) is 2.61. The van der Waals surface area contributed by atoms with Crippen LogP contribution in [0.25, 0.3) is 0 Å². The lowest BCUT2D eigenvalue weighted by molar-refractivity contribution is -0.137. The molecule has 1 heterocycles. The highest BCUT2D eigenvalue weighted by molar-refractivity contribution is 5.99. The van der Waals surface area contributed by atoms with Gasteiger partial charge < -0.3 is 15.4 Å². The van der Waals surface area contributed by atoms with E-state index in [0.29, 0.717) is 12.3 Å². The van der Waals surface area contributed by atoms with Crippen LogP contribution in [0.2, 0.25) is 0 Å². The summed E-state index contributed by atoms with van der Waals surface area (Å²) in [5, 5.41) is 8.77. The van der Waals surface area contributed by atoms with Crippen LogP contribution in [0.5, 0.6) is 0 Å². The Bertz CT molecular complexity index is 670. The summed E-state index contributed by atoms with van der Waals surface area (Å²) in [7, 11) is 0. The number of ether oxygens (including phenoxy) is 1. The van der Waals surface area contributed by atoms with Crippen LogP contribution in [0.1, 0.15) is 12.5 Å². The van der Waals surface area contributed by atoms with Gasteiger partial charge in [0.05, 0.1) is 23.6 Å². The molecule has 0 saturated heterocycles. The van der Waals surface area contributed by atoms with Gasteiger partial charge in [0.2, 0.25) is 0 Å². The molecule has 0 unspecified atom stereocenters. The van der Waals surface area contributed by atoms with E-state index in [4.69, 9.17) is 4.74 Å². The second kappa shape index (κ2) is 7.14. The van der Waals surface area contributed by atoms with Crippen LogP contribution in [0.4, 0.5) is 29.3 Å². The predicted molar refractivity (Wildman–Crippen MR) is 77.9 cm³/mol. The average molecular weight is 328 g/mol. The van der Waals surface area contributed by atoms with Gasteiger partial charge in [-0.15, -0.1) is 0 Å². The van der Waals surface area contributed by atoms with E-state index in [1.54, 1.807) is 6.20 Å². The lowest BCUT2D eigenvalue weighted by Gasteiger charge is -2.10. The van der Waals surface area contributed by atoms with Gasteiger partial charge in [-0.25, -0.2) is 9.48 Å². The Kier molecular flexibility index (Phi) is 5.22. The molecule has 2 amide bonds. The Hall–Kier alpha value is -2.55. The SMILES string of the molecule is CCOCn1cc(NC(=O)Nc2cccc(C(F)(F)F)c2)cn1. The Morgan fingerprint density at radius 1 is 1.30 bits per heavy atom. The summed E-state index contributed by atoms with van der Waals surface area (Å²) in [5.41, 5.74) is -0.395. The number of rotatable bonds is 5. The summed E-state index contributed by atoms with van der Waals surface area (Å²) in [4.78, 5) is 11.8. The Labute approximate surface area is 130 Å². The largest absolute Gasteiger partial charge is 0.416 e. The van der Waals surface area contributed by atoms with E-state index < -0.39 is 17.8 Å². The number of nitrogens with zero attached hydrogens (tertiary/aromatic N) is 2. The Balaban J connectivity index is 1.96. The highest BCUT2D eigenvalue weighted by Gasteiger charge is 2.30. The fourth-order valence-corrected chi connectivity index (χ4v) is 1.75. The first-order valence-electron chi connectivity index (χ1n) is 6.74. The van der Waals surface area contributed by atoms with Gasteiger partial charge in [0.25, 0.3) is 0 Å². The highest BCUT2D eigenvalue weighted by Crippen LogP contribution is 2.30. The molecule has 2 N–H and O–H groups in total. The second-order valence-electron chi connectivity index (χ2n) is 4.55. The van der Waals surface area contributed by atoms with Crippen molar-refractivity contribution in [3.05, 3.63) is 42.2 Å². The zero-order valence-corrected chi connectivity index (χ0v) is 12.2. The Morgan fingerprint density at radius 2 is 2.04 bits per heavy atom. The van der Waals surface area contributed by atoms with Crippen molar-refractivity contribution in [1.82, 2.24) is 9.78 Å². The van der Waals surface area contributed by atoms with Crippen LogP contribution >= 0.6 is 0 Å². The normalized spacial score (nSPS) is 11.3. The Morgan fingerprint density at radius 3 is 2.74 bits per heavy atom. The molecular formula is C14H15F3N4O2. The maximum Gasteiger partial charge on any atom is 0.416 e. The van der Waals surface area contributed by atoms with Crippen LogP contribution in [-0.2, 0) is 17.6 Å². The smallest absolute Gasteiger partial charge is 0.360 e. The maximum absolute atomic E-state index is 12.6. The van der Waals surface area contributed by atoms with Crippen LogP contribution < -0.4 is 10.6 Å². The molecule has 0 radical (unpaired) electrons. The first-order chi connectivity index (χ1) is 10.9. The summed E-state index contributed by atoms with van der Waals surface area (Å²) < 4.78 is 44.4. The van der Waals surface area contributed by atoms with E-state index in [9.17, 15) is 18.0 Å². The van der Waals surface area contributed by atoms with E-state index in [1.165, 1.54) is 23.0 Å². The zero-order chi connectivity index (χ0) is 16.9. The highest BCUT2D eigenvalue weighted by atomic mass is 19.4. The molecule has 0 fully saturated rings. The fraction of sp³-hybridized carbons (Fsp3) is 0.286. The van der Waals surface area contributed by atoms with Gasteiger partial charge in [0.15, 0.2) is 0 Å². The van der Waals surface area contributed by atoms with Crippen molar-refractivity contribution in [2.45, 2.75) is 19.8 Å². The van der Waals surface area contributed by atoms with E-state index in [0.717, 1.165) is 12.1 Å². The van der Waals surface area contributed by atoms with Crippen molar-refractivity contribution >= 4 is 17.4 Å². The minimum atomic E-state index is -4.46. The lowest BCUT2D eigenvalue weighted by Crippen LogP contribution is -2.19. The van der Waals surface area contributed by atoms with Crippen molar-refractivity contribution in [3.8, 4) is 0 Å². The van der Waals surface area contributed by atoms with Crippen molar-refractivity contribution in [3.63, 3.8) is 0 Å².